The normalized spacial score (nSPS) is 18.2. The molecule has 5 nitrogen and oxygen atoms in total. The molecule has 2 aromatic rings. The summed E-state index contributed by atoms with van der Waals surface area (Å²) in [5.41, 5.74) is 1.70. The number of benzene rings is 2. The summed E-state index contributed by atoms with van der Waals surface area (Å²) in [6.07, 6.45) is 2.59. The summed E-state index contributed by atoms with van der Waals surface area (Å²) in [5.74, 6) is -0.166. The Labute approximate surface area is 169 Å². The fourth-order valence-corrected chi connectivity index (χ4v) is 5.59. The van der Waals surface area contributed by atoms with E-state index in [2.05, 4.69) is 21.2 Å². The van der Waals surface area contributed by atoms with Crippen molar-refractivity contribution < 1.29 is 13.2 Å². The fourth-order valence-electron chi connectivity index (χ4n) is 3.40. The lowest BCUT2D eigenvalue weighted by atomic mass is 10.0. The predicted octanol–water partition coefficient (Wildman–Crippen LogP) is 4.33. The van der Waals surface area contributed by atoms with Gasteiger partial charge in [0.1, 0.15) is 0 Å². The molecular formula is C20H23BrN2O3S. The van der Waals surface area contributed by atoms with Crippen LogP contribution in [0.25, 0.3) is 0 Å². The number of aryl methyl sites for hydroxylation is 1. The first-order valence-corrected chi connectivity index (χ1v) is 11.2. The summed E-state index contributed by atoms with van der Waals surface area (Å²) >= 11 is 3.41. The highest BCUT2D eigenvalue weighted by atomic mass is 79.9. The molecule has 3 rings (SSSR count). The predicted molar refractivity (Wildman–Crippen MR) is 110 cm³/mol. The quantitative estimate of drug-likeness (QED) is 0.736. The molecule has 144 valence electrons. The molecule has 1 amide bonds. The molecule has 1 aliphatic heterocycles. The Hall–Kier alpha value is -1.70. The number of halogens is 1. The maximum Gasteiger partial charge on any atom is 0.243 e. The third-order valence-electron chi connectivity index (χ3n) is 4.81. The summed E-state index contributed by atoms with van der Waals surface area (Å²) < 4.78 is 28.5. The van der Waals surface area contributed by atoms with Crippen molar-refractivity contribution >= 4 is 37.5 Å². The van der Waals surface area contributed by atoms with Crippen LogP contribution < -0.4 is 5.32 Å². The number of nitrogens with one attached hydrogen (secondary N) is 1. The molecule has 27 heavy (non-hydrogen) atoms. The monoisotopic (exact) mass is 450 g/mol. The van der Waals surface area contributed by atoms with E-state index in [1.54, 1.807) is 30.3 Å². The molecule has 2 aromatic carbocycles. The van der Waals surface area contributed by atoms with Gasteiger partial charge in [0.15, 0.2) is 0 Å². The number of piperidine rings is 1. The van der Waals surface area contributed by atoms with E-state index < -0.39 is 10.0 Å². The molecule has 0 bridgehead atoms. The summed E-state index contributed by atoms with van der Waals surface area (Å²) in [5, 5.41) is 2.92. The van der Waals surface area contributed by atoms with E-state index >= 15 is 0 Å². The zero-order valence-corrected chi connectivity index (χ0v) is 17.6. The number of amides is 1. The van der Waals surface area contributed by atoms with E-state index in [0.29, 0.717) is 13.0 Å². The molecule has 1 aliphatic rings. The van der Waals surface area contributed by atoms with Gasteiger partial charge in [0.25, 0.3) is 0 Å². The number of carbonyl (C=O) groups is 1. The second-order valence-corrected chi connectivity index (χ2v) is 9.60. The van der Waals surface area contributed by atoms with Crippen LogP contribution >= 0.6 is 15.9 Å². The molecule has 0 radical (unpaired) electrons. The second kappa shape index (κ2) is 8.54. The number of carbonyl (C=O) groups excluding carboxylic acids is 1. The molecule has 0 aliphatic carbocycles. The van der Waals surface area contributed by atoms with Gasteiger partial charge in [-0.15, -0.1) is 0 Å². The SMILES string of the molecule is Cc1cc(Br)ccc1NC(=O)C[C@H]1CCCCN1S(=O)(=O)c1ccccc1. The zero-order valence-electron chi connectivity index (χ0n) is 15.2. The highest BCUT2D eigenvalue weighted by Gasteiger charge is 2.34. The van der Waals surface area contributed by atoms with Gasteiger partial charge in [-0.25, -0.2) is 8.42 Å². The van der Waals surface area contributed by atoms with Crippen LogP contribution in [0.2, 0.25) is 0 Å². The largest absolute Gasteiger partial charge is 0.326 e. The highest BCUT2D eigenvalue weighted by Crippen LogP contribution is 2.28. The summed E-state index contributed by atoms with van der Waals surface area (Å²) in [4.78, 5) is 12.9. The van der Waals surface area contributed by atoms with Gasteiger partial charge in [-0.3, -0.25) is 4.79 Å². The summed E-state index contributed by atoms with van der Waals surface area (Å²) in [6.45, 7) is 2.37. The maximum atomic E-state index is 13.0. The van der Waals surface area contributed by atoms with Gasteiger partial charge in [-0.1, -0.05) is 40.5 Å². The van der Waals surface area contributed by atoms with E-state index in [0.717, 1.165) is 28.6 Å². The molecule has 1 N–H and O–H groups in total. The van der Waals surface area contributed by atoms with Crippen molar-refractivity contribution in [2.75, 3.05) is 11.9 Å². The average Bonchev–Trinajstić information content (AvgIpc) is 2.65. The highest BCUT2D eigenvalue weighted by molar-refractivity contribution is 9.10. The lowest BCUT2D eigenvalue weighted by Gasteiger charge is -2.34. The first kappa shape index (κ1) is 20.0. The molecule has 0 aromatic heterocycles. The van der Waals surface area contributed by atoms with E-state index in [1.165, 1.54) is 4.31 Å². The number of nitrogens with zero attached hydrogens (tertiary/aromatic N) is 1. The Morgan fingerprint density at radius 3 is 2.63 bits per heavy atom. The molecule has 1 saturated heterocycles. The van der Waals surface area contributed by atoms with Crippen molar-refractivity contribution in [1.82, 2.24) is 4.31 Å². The minimum absolute atomic E-state index is 0.154. The number of hydrogen-bond acceptors (Lipinski definition) is 3. The Morgan fingerprint density at radius 2 is 1.93 bits per heavy atom. The minimum Gasteiger partial charge on any atom is -0.326 e. The van der Waals surface area contributed by atoms with Gasteiger partial charge in [-0.2, -0.15) is 4.31 Å². The number of hydrogen-bond donors (Lipinski definition) is 1. The average molecular weight is 451 g/mol. The lowest BCUT2D eigenvalue weighted by Crippen LogP contribution is -2.45. The number of sulfonamides is 1. The van der Waals surface area contributed by atoms with Gasteiger partial charge >= 0.3 is 0 Å². The van der Waals surface area contributed by atoms with Crippen molar-refractivity contribution in [3.63, 3.8) is 0 Å². The first-order valence-electron chi connectivity index (χ1n) is 9.01. The Morgan fingerprint density at radius 1 is 1.19 bits per heavy atom. The maximum absolute atomic E-state index is 13.0. The molecule has 0 spiro atoms. The summed E-state index contributed by atoms with van der Waals surface area (Å²) in [7, 11) is -3.60. The minimum atomic E-state index is -3.60. The molecule has 1 heterocycles. The van der Waals surface area contributed by atoms with Crippen LogP contribution in [0.4, 0.5) is 5.69 Å². The van der Waals surface area contributed by atoms with Gasteiger partial charge in [-0.05, 0) is 55.7 Å². The van der Waals surface area contributed by atoms with Gasteiger partial charge in [0.05, 0.1) is 4.90 Å². The van der Waals surface area contributed by atoms with Crippen LogP contribution in [0.15, 0.2) is 57.9 Å². The van der Waals surface area contributed by atoms with Gasteiger partial charge < -0.3 is 5.32 Å². The smallest absolute Gasteiger partial charge is 0.243 e. The fraction of sp³-hybridized carbons (Fsp3) is 0.350. The molecule has 7 heteroatoms. The molecule has 0 unspecified atom stereocenters. The molecule has 0 saturated carbocycles. The van der Waals surface area contributed by atoms with Crippen LogP contribution in [0.3, 0.4) is 0 Å². The molecule has 1 atom stereocenters. The van der Waals surface area contributed by atoms with Gasteiger partial charge in [0.2, 0.25) is 15.9 Å². The molecular weight excluding hydrogens is 428 g/mol. The zero-order chi connectivity index (χ0) is 19.4. The Balaban J connectivity index is 1.75. The Kier molecular flexibility index (Phi) is 6.34. The van der Waals surface area contributed by atoms with E-state index in [1.807, 2.05) is 25.1 Å². The molecule has 1 fully saturated rings. The second-order valence-electron chi connectivity index (χ2n) is 6.79. The van der Waals surface area contributed by atoms with Crippen LogP contribution in [-0.2, 0) is 14.8 Å². The van der Waals surface area contributed by atoms with E-state index in [9.17, 15) is 13.2 Å². The van der Waals surface area contributed by atoms with Crippen LogP contribution in [0.5, 0.6) is 0 Å². The van der Waals surface area contributed by atoms with E-state index in [-0.39, 0.29) is 23.3 Å². The lowest BCUT2D eigenvalue weighted by molar-refractivity contribution is -0.117. The van der Waals surface area contributed by atoms with E-state index in [4.69, 9.17) is 0 Å². The van der Waals surface area contributed by atoms with Gasteiger partial charge in [0, 0.05) is 29.2 Å². The number of rotatable bonds is 5. The number of anilines is 1. The van der Waals surface area contributed by atoms with Crippen molar-refractivity contribution in [3.05, 3.63) is 58.6 Å². The Bertz CT molecular complexity index is 916. The topological polar surface area (TPSA) is 66.5 Å². The van der Waals surface area contributed by atoms with Crippen LogP contribution in [0.1, 0.15) is 31.2 Å². The van der Waals surface area contributed by atoms with Crippen molar-refractivity contribution in [2.24, 2.45) is 0 Å². The van der Waals surface area contributed by atoms with Crippen molar-refractivity contribution in [2.45, 2.75) is 43.5 Å². The third kappa shape index (κ3) is 4.78. The van der Waals surface area contributed by atoms with Crippen LogP contribution in [0, 0.1) is 6.92 Å². The van der Waals surface area contributed by atoms with Crippen molar-refractivity contribution in [1.29, 1.82) is 0 Å². The summed E-state index contributed by atoms with van der Waals surface area (Å²) in [6, 6.07) is 13.8. The standard InChI is InChI=1S/C20H23BrN2O3S/c1-15-13-16(21)10-11-19(15)22-20(24)14-17-7-5-6-12-23(17)27(25,26)18-8-3-2-4-9-18/h2-4,8-11,13,17H,5-7,12,14H2,1H3,(H,22,24)/t17-/m1/s1. The third-order valence-corrected chi connectivity index (χ3v) is 7.27. The van der Waals surface area contributed by atoms with Crippen LogP contribution in [-0.4, -0.2) is 31.2 Å². The van der Waals surface area contributed by atoms with Crippen molar-refractivity contribution in [3.8, 4) is 0 Å². The first-order chi connectivity index (χ1) is 12.9.